The van der Waals surface area contributed by atoms with E-state index in [4.69, 9.17) is 5.73 Å². The van der Waals surface area contributed by atoms with Crippen molar-refractivity contribution >= 4 is 22.6 Å². The second kappa shape index (κ2) is 5.99. The van der Waals surface area contributed by atoms with Crippen LogP contribution in [-0.2, 0) is 11.3 Å². The molecule has 1 aromatic carbocycles. The summed E-state index contributed by atoms with van der Waals surface area (Å²) in [6, 6.07) is 5.77. The molecule has 2 aromatic rings. The summed E-state index contributed by atoms with van der Waals surface area (Å²) in [4.78, 5) is 19.3. The molecular formula is C17H24N4O. The first-order valence-electron chi connectivity index (χ1n) is 8.10. The number of rotatable bonds is 3. The Morgan fingerprint density at radius 2 is 2.00 bits per heavy atom. The normalized spacial score (nSPS) is 15.7. The van der Waals surface area contributed by atoms with Crippen LogP contribution < -0.4 is 5.73 Å². The minimum atomic E-state index is 0.184. The molecule has 22 heavy (non-hydrogen) atoms. The Morgan fingerprint density at radius 1 is 1.27 bits per heavy atom. The molecule has 2 heterocycles. The van der Waals surface area contributed by atoms with Crippen LogP contribution in [-0.4, -0.2) is 33.4 Å². The van der Waals surface area contributed by atoms with Gasteiger partial charge in [0.25, 0.3) is 0 Å². The van der Waals surface area contributed by atoms with Crippen molar-refractivity contribution < 1.29 is 4.79 Å². The second-order valence-electron chi connectivity index (χ2n) is 6.37. The Kier molecular flexibility index (Phi) is 4.05. The number of aromatic nitrogens is 2. The van der Waals surface area contributed by atoms with E-state index in [0.29, 0.717) is 12.2 Å². The largest absolute Gasteiger partial charge is 0.397 e. The molecule has 1 amide bonds. The summed E-state index contributed by atoms with van der Waals surface area (Å²) in [5, 5.41) is 0. The predicted octanol–water partition coefficient (Wildman–Crippen LogP) is 2.75. The van der Waals surface area contributed by atoms with E-state index in [0.717, 1.165) is 42.8 Å². The molecule has 1 aliphatic rings. The van der Waals surface area contributed by atoms with Gasteiger partial charge in [-0.2, -0.15) is 0 Å². The average Bonchev–Trinajstić information content (AvgIpc) is 2.89. The summed E-state index contributed by atoms with van der Waals surface area (Å²) >= 11 is 0. The molecule has 0 saturated carbocycles. The lowest BCUT2D eigenvalue weighted by Gasteiger charge is -2.27. The number of imidazole rings is 1. The van der Waals surface area contributed by atoms with Crippen LogP contribution in [0.5, 0.6) is 0 Å². The number of piperidine rings is 1. The zero-order valence-corrected chi connectivity index (χ0v) is 13.4. The first-order chi connectivity index (χ1) is 10.6. The van der Waals surface area contributed by atoms with E-state index in [2.05, 4.69) is 18.8 Å². The van der Waals surface area contributed by atoms with Gasteiger partial charge >= 0.3 is 0 Å². The SMILES string of the molecule is CC(C)c1nc2c(N)cccc2n1CC(=O)N1CCCCC1. The van der Waals surface area contributed by atoms with Crippen molar-refractivity contribution in [3.63, 3.8) is 0 Å². The number of nitrogens with zero attached hydrogens (tertiary/aromatic N) is 3. The number of likely N-dealkylation sites (tertiary alicyclic amines) is 1. The smallest absolute Gasteiger partial charge is 0.242 e. The summed E-state index contributed by atoms with van der Waals surface area (Å²) < 4.78 is 2.04. The Bertz CT molecular complexity index is 683. The van der Waals surface area contributed by atoms with Crippen LogP contribution in [0.3, 0.4) is 0 Å². The fourth-order valence-corrected chi connectivity index (χ4v) is 3.17. The van der Waals surface area contributed by atoms with Crippen LogP contribution in [0.2, 0.25) is 0 Å². The first-order valence-corrected chi connectivity index (χ1v) is 8.10. The summed E-state index contributed by atoms with van der Waals surface area (Å²) in [6.45, 7) is 6.31. The van der Waals surface area contributed by atoms with Gasteiger partial charge in [-0.25, -0.2) is 4.98 Å². The first kappa shape index (κ1) is 14.9. The standard InChI is InChI=1S/C17H24N4O/c1-12(2)17-19-16-13(18)7-6-8-14(16)21(17)11-15(22)20-9-4-3-5-10-20/h6-8,12H,3-5,9-11,18H2,1-2H3. The number of nitrogen functional groups attached to an aromatic ring is 1. The Balaban J connectivity index is 1.96. The van der Waals surface area contributed by atoms with E-state index in [1.807, 2.05) is 27.7 Å². The monoisotopic (exact) mass is 300 g/mol. The van der Waals surface area contributed by atoms with Crippen molar-refractivity contribution in [2.45, 2.75) is 45.6 Å². The Hall–Kier alpha value is -2.04. The molecule has 5 nitrogen and oxygen atoms in total. The van der Waals surface area contributed by atoms with Crippen LogP contribution in [0.15, 0.2) is 18.2 Å². The number of carbonyl (C=O) groups is 1. The summed E-state index contributed by atoms with van der Waals surface area (Å²) in [7, 11) is 0. The maximum Gasteiger partial charge on any atom is 0.242 e. The minimum absolute atomic E-state index is 0.184. The fourth-order valence-electron chi connectivity index (χ4n) is 3.17. The van der Waals surface area contributed by atoms with Gasteiger partial charge in [0.1, 0.15) is 17.9 Å². The molecule has 2 N–H and O–H groups in total. The van der Waals surface area contributed by atoms with Crippen molar-refractivity contribution in [2.24, 2.45) is 0 Å². The van der Waals surface area contributed by atoms with Gasteiger partial charge in [0.2, 0.25) is 5.91 Å². The highest BCUT2D eigenvalue weighted by Gasteiger charge is 2.21. The third-order valence-corrected chi connectivity index (χ3v) is 4.36. The quantitative estimate of drug-likeness (QED) is 0.886. The van der Waals surface area contributed by atoms with E-state index < -0.39 is 0 Å². The van der Waals surface area contributed by atoms with Crippen LogP contribution in [0, 0.1) is 0 Å². The van der Waals surface area contributed by atoms with Crippen molar-refractivity contribution in [1.82, 2.24) is 14.5 Å². The van der Waals surface area contributed by atoms with Gasteiger partial charge in [-0.3, -0.25) is 4.79 Å². The number of hydrogen-bond acceptors (Lipinski definition) is 3. The van der Waals surface area contributed by atoms with E-state index in [1.54, 1.807) is 0 Å². The third kappa shape index (κ3) is 2.67. The average molecular weight is 300 g/mol. The van der Waals surface area contributed by atoms with Crippen molar-refractivity contribution in [1.29, 1.82) is 0 Å². The highest BCUT2D eigenvalue weighted by Crippen LogP contribution is 2.26. The van der Waals surface area contributed by atoms with Gasteiger partial charge in [0.15, 0.2) is 0 Å². The highest BCUT2D eigenvalue weighted by molar-refractivity contribution is 5.89. The number of benzene rings is 1. The number of amides is 1. The molecule has 1 fully saturated rings. The van der Waals surface area contributed by atoms with Crippen molar-refractivity contribution in [2.75, 3.05) is 18.8 Å². The van der Waals surface area contributed by atoms with Crippen LogP contribution in [0.25, 0.3) is 11.0 Å². The number of nitrogens with two attached hydrogens (primary N) is 1. The molecule has 118 valence electrons. The fraction of sp³-hybridized carbons (Fsp3) is 0.529. The summed E-state index contributed by atoms with van der Waals surface area (Å²) in [6.07, 6.45) is 3.45. The van der Waals surface area contributed by atoms with Gasteiger partial charge in [-0.05, 0) is 31.4 Å². The second-order valence-corrected chi connectivity index (χ2v) is 6.37. The number of fused-ring (bicyclic) bond motifs is 1. The van der Waals surface area contributed by atoms with Gasteiger partial charge in [-0.15, -0.1) is 0 Å². The van der Waals surface area contributed by atoms with Gasteiger partial charge in [-0.1, -0.05) is 19.9 Å². The molecule has 0 bridgehead atoms. The predicted molar refractivity (Wildman–Crippen MR) is 88.7 cm³/mol. The number of anilines is 1. The molecular weight excluding hydrogens is 276 g/mol. The number of carbonyl (C=O) groups excluding carboxylic acids is 1. The molecule has 0 radical (unpaired) electrons. The summed E-state index contributed by atoms with van der Waals surface area (Å²) in [5.74, 6) is 1.36. The molecule has 0 atom stereocenters. The lowest BCUT2D eigenvalue weighted by Crippen LogP contribution is -2.38. The van der Waals surface area contributed by atoms with Crippen LogP contribution in [0.4, 0.5) is 5.69 Å². The Morgan fingerprint density at radius 3 is 2.68 bits per heavy atom. The Labute approximate surface area is 131 Å². The maximum atomic E-state index is 12.6. The summed E-state index contributed by atoms with van der Waals surface area (Å²) in [5.41, 5.74) is 8.47. The zero-order valence-electron chi connectivity index (χ0n) is 13.4. The molecule has 0 unspecified atom stereocenters. The lowest BCUT2D eigenvalue weighted by molar-refractivity contribution is -0.132. The van der Waals surface area contributed by atoms with Crippen molar-refractivity contribution in [3.8, 4) is 0 Å². The molecule has 3 rings (SSSR count). The molecule has 5 heteroatoms. The number of para-hydroxylation sites is 1. The minimum Gasteiger partial charge on any atom is -0.397 e. The molecule has 0 spiro atoms. The third-order valence-electron chi connectivity index (χ3n) is 4.36. The molecule has 1 aliphatic heterocycles. The molecule has 1 aromatic heterocycles. The van der Waals surface area contributed by atoms with Crippen molar-refractivity contribution in [3.05, 3.63) is 24.0 Å². The van der Waals surface area contributed by atoms with Gasteiger partial charge in [0.05, 0.1) is 11.2 Å². The van der Waals surface area contributed by atoms with E-state index in [-0.39, 0.29) is 11.8 Å². The van der Waals surface area contributed by atoms with E-state index in [9.17, 15) is 4.79 Å². The van der Waals surface area contributed by atoms with Crippen LogP contribution in [0.1, 0.15) is 44.9 Å². The van der Waals surface area contributed by atoms with Gasteiger partial charge < -0.3 is 15.2 Å². The zero-order chi connectivity index (χ0) is 15.7. The molecule has 1 saturated heterocycles. The maximum absolute atomic E-state index is 12.6. The highest BCUT2D eigenvalue weighted by atomic mass is 16.2. The van der Waals surface area contributed by atoms with Gasteiger partial charge in [0, 0.05) is 19.0 Å². The lowest BCUT2D eigenvalue weighted by atomic mass is 10.1. The molecule has 0 aliphatic carbocycles. The topological polar surface area (TPSA) is 64.1 Å². The van der Waals surface area contributed by atoms with Crippen LogP contribution >= 0.6 is 0 Å². The van der Waals surface area contributed by atoms with E-state index in [1.165, 1.54) is 6.42 Å². The van der Waals surface area contributed by atoms with E-state index >= 15 is 0 Å². The number of hydrogen-bond donors (Lipinski definition) is 1.